The number of hydrogen-bond acceptors (Lipinski definition) is 2. The lowest BCUT2D eigenvalue weighted by Crippen LogP contribution is -2.31. The van der Waals surface area contributed by atoms with E-state index in [-0.39, 0.29) is 11.6 Å². The summed E-state index contributed by atoms with van der Waals surface area (Å²) in [6.07, 6.45) is 3.65. The van der Waals surface area contributed by atoms with Crippen LogP contribution in [0, 0.1) is 5.82 Å². The molecule has 3 nitrogen and oxygen atoms in total. The largest absolute Gasteiger partial charge is 0.481 e. The molecule has 0 bridgehead atoms. The second-order valence-corrected chi connectivity index (χ2v) is 6.89. The Kier molecular flexibility index (Phi) is 5.19. The topological polar surface area (TPSA) is 38.3 Å². The molecule has 2 aromatic carbocycles. The molecule has 24 heavy (non-hydrogen) atoms. The first-order chi connectivity index (χ1) is 11.5. The van der Waals surface area contributed by atoms with Crippen molar-refractivity contribution in [1.82, 2.24) is 0 Å². The molecule has 0 spiro atoms. The first kappa shape index (κ1) is 17.0. The van der Waals surface area contributed by atoms with Gasteiger partial charge >= 0.3 is 0 Å². The van der Waals surface area contributed by atoms with Gasteiger partial charge in [-0.15, -0.1) is 0 Å². The number of anilines is 1. The zero-order valence-corrected chi connectivity index (χ0v) is 15.0. The normalized spacial score (nSPS) is 14.6. The van der Waals surface area contributed by atoms with E-state index in [1.165, 1.54) is 29.7 Å². The highest BCUT2D eigenvalue weighted by Gasteiger charge is 2.20. The highest BCUT2D eigenvalue weighted by Crippen LogP contribution is 2.30. The van der Waals surface area contributed by atoms with Crippen molar-refractivity contribution in [3.8, 4) is 5.75 Å². The first-order valence-electron chi connectivity index (χ1n) is 8.08. The third kappa shape index (κ3) is 3.78. The van der Waals surface area contributed by atoms with Crippen molar-refractivity contribution < 1.29 is 13.9 Å². The van der Waals surface area contributed by atoms with Gasteiger partial charge in [0.15, 0.2) is 6.10 Å². The summed E-state index contributed by atoms with van der Waals surface area (Å²) in [5, 5.41) is 2.58. The van der Waals surface area contributed by atoms with E-state index in [0.29, 0.717) is 4.47 Å². The molecule has 0 saturated heterocycles. The molecule has 0 radical (unpaired) electrons. The molecule has 126 valence electrons. The maximum absolute atomic E-state index is 13.8. The number of amides is 1. The van der Waals surface area contributed by atoms with Gasteiger partial charge in [-0.1, -0.05) is 28.1 Å². The van der Waals surface area contributed by atoms with E-state index in [4.69, 9.17) is 4.74 Å². The van der Waals surface area contributed by atoms with Gasteiger partial charge in [0, 0.05) is 4.47 Å². The smallest absolute Gasteiger partial charge is 0.265 e. The van der Waals surface area contributed by atoms with Gasteiger partial charge < -0.3 is 10.1 Å². The molecule has 1 atom stereocenters. The summed E-state index contributed by atoms with van der Waals surface area (Å²) in [7, 11) is 0. The lowest BCUT2D eigenvalue weighted by molar-refractivity contribution is -0.122. The number of fused-ring (bicyclic) bond motifs is 1. The average molecular weight is 392 g/mol. The Bertz CT molecular complexity index is 763. The van der Waals surface area contributed by atoms with Crippen LogP contribution in [0.1, 0.15) is 30.9 Å². The Hall–Kier alpha value is -1.88. The van der Waals surface area contributed by atoms with Crippen LogP contribution in [0.3, 0.4) is 0 Å². The second kappa shape index (κ2) is 7.34. The molecule has 0 aromatic heterocycles. The van der Waals surface area contributed by atoms with E-state index in [2.05, 4.69) is 27.3 Å². The molecule has 1 aliphatic carbocycles. The maximum atomic E-state index is 13.8. The van der Waals surface area contributed by atoms with Crippen LogP contribution in [-0.2, 0) is 17.6 Å². The number of carbonyl (C=O) groups is 1. The molecule has 1 amide bonds. The summed E-state index contributed by atoms with van der Waals surface area (Å²) in [6, 6.07) is 10.5. The van der Waals surface area contributed by atoms with E-state index < -0.39 is 11.9 Å². The van der Waals surface area contributed by atoms with Crippen molar-refractivity contribution in [1.29, 1.82) is 0 Å². The number of aryl methyl sites for hydroxylation is 1. The standard InChI is InChI=1S/C19H19BrFNO2/c1-12(19(23)22-17-10-9-14(20)11-16(17)21)24-18-8-4-6-13-5-2-3-7-15(13)18/h4,6,8-12H,2-3,5,7H2,1H3,(H,22,23)/t12-/m0/s1. The van der Waals surface area contributed by atoms with Gasteiger partial charge in [-0.05, 0) is 68.0 Å². The number of nitrogens with one attached hydrogen (secondary N) is 1. The lowest BCUT2D eigenvalue weighted by Gasteiger charge is -2.22. The number of carbonyl (C=O) groups excluding carboxylic acids is 1. The van der Waals surface area contributed by atoms with E-state index in [1.807, 2.05) is 12.1 Å². The zero-order chi connectivity index (χ0) is 17.1. The van der Waals surface area contributed by atoms with Crippen molar-refractivity contribution in [3.63, 3.8) is 0 Å². The van der Waals surface area contributed by atoms with E-state index in [9.17, 15) is 9.18 Å². The number of rotatable bonds is 4. The third-order valence-corrected chi connectivity index (χ3v) is 4.71. The summed E-state index contributed by atoms with van der Waals surface area (Å²) in [5.74, 6) is -0.0993. The molecule has 0 unspecified atom stereocenters. The fourth-order valence-corrected chi connectivity index (χ4v) is 3.26. The Morgan fingerprint density at radius 2 is 2.04 bits per heavy atom. The van der Waals surface area contributed by atoms with E-state index >= 15 is 0 Å². The van der Waals surface area contributed by atoms with Crippen LogP contribution in [0.15, 0.2) is 40.9 Å². The second-order valence-electron chi connectivity index (χ2n) is 5.97. The van der Waals surface area contributed by atoms with Crippen LogP contribution in [0.25, 0.3) is 0 Å². The summed E-state index contributed by atoms with van der Waals surface area (Å²) >= 11 is 3.19. The molecule has 0 fully saturated rings. The minimum atomic E-state index is -0.707. The molecular formula is C19H19BrFNO2. The van der Waals surface area contributed by atoms with Crippen LogP contribution in [0.2, 0.25) is 0 Å². The third-order valence-electron chi connectivity index (χ3n) is 4.21. The average Bonchev–Trinajstić information content (AvgIpc) is 2.57. The minimum Gasteiger partial charge on any atom is -0.481 e. The molecule has 0 heterocycles. The lowest BCUT2D eigenvalue weighted by atomic mass is 9.91. The Morgan fingerprint density at radius 1 is 1.25 bits per heavy atom. The maximum Gasteiger partial charge on any atom is 0.265 e. The number of ether oxygens (including phenoxy) is 1. The van der Waals surface area contributed by atoms with Gasteiger partial charge in [-0.3, -0.25) is 4.79 Å². The van der Waals surface area contributed by atoms with Crippen molar-refractivity contribution in [2.75, 3.05) is 5.32 Å². The predicted molar refractivity (Wildman–Crippen MR) is 95.9 cm³/mol. The number of halogens is 2. The SMILES string of the molecule is C[C@H](Oc1cccc2c1CCCC2)C(=O)Nc1ccc(Br)cc1F. The summed E-state index contributed by atoms with van der Waals surface area (Å²) < 4.78 is 20.3. The van der Waals surface area contributed by atoms with Crippen LogP contribution >= 0.6 is 15.9 Å². The Balaban J connectivity index is 1.71. The summed E-state index contributed by atoms with van der Waals surface area (Å²) in [4.78, 5) is 12.3. The Labute approximate surface area is 149 Å². The molecular weight excluding hydrogens is 373 g/mol. The van der Waals surface area contributed by atoms with Gasteiger partial charge in [-0.2, -0.15) is 0 Å². The Morgan fingerprint density at radius 3 is 2.83 bits per heavy atom. The summed E-state index contributed by atoms with van der Waals surface area (Å²) in [6.45, 7) is 1.67. The van der Waals surface area contributed by atoms with Crippen LogP contribution < -0.4 is 10.1 Å². The molecule has 0 saturated carbocycles. The fourth-order valence-electron chi connectivity index (χ4n) is 2.93. The number of benzene rings is 2. The van der Waals surface area contributed by atoms with E-state index in [1.54, 1.807) is 13.0 Å². The van der Waals surface area contributed by atoms with Gasteiger partial charge in [0.1, 0.15) is 11.6 Å². The van der Waals surface area contributed by atoms with Crippen LogP contribution in [-0.4, -0.2) is 12.0 Å². The van der Waals surface area contributed by atoms with Gasteiger partial charge in [-0.25, -0.2) is 4.39 Å². The molecule has 5 heteroatoms. The van der Waals surface area contributed by atoms with Crippen LogP contribution in [0.5, 0.6) is 5.75 Å². The highest BCUT2D eigenvalue weighted by atomic mass is 79.9. The molecule has 2 aromatic rings. The quantitative estimate of drug-likeness (QED) is 0.806. The van der Waals surface area contributed by atoms with Crippen LogP contribution in [0.4, 0.5) is 10.1 Å². The van der Waals surface area contributed by atoms with Gasteiger partial charge in [0.25, 0.3) is 5.91 Å². The van der Waals surface area contributed by atoms with Gasteiger partial charge in [0.2, 0.25) is 0 Å². The first-order valence-corrected chi connectivity index (χ1v) is 8.87. The highest BCUT2D eigenvalue weighted by molar-refractivity contribution is 9.10. The van der Waals surface area contributed by atoms with Gasteiger partial charge in [0.05, 0.1) is 5.69 Å². The fraction of sp³-hybridized carbons (Fsp3) is 0.316. The van der Waals surface area contributed by atoms with Crippen molar-refractivity contribution in [3.05, 3.63) is 57.8 Å². The number of hydrogen-bond donors (Lipinski definition) is 1. The molecule has 3 rings (SSSR count). The molecule has 1 N–H and O–H groups in total. The van der Waals surface area contributed by atoms with Crippen molar-refractivity contribution in [2.45, 2.75) is 38.7 Å². The summed E-state index contributed by atoms with van der Waals surface area (Å²) in [5.41, 5.74) is 2.64. The van der Waals surface area contributed by atoms with E-state index in [0.717, 1.165) is 25.0 Å². The molecule has 0 aliphatic heterocycles. The monoisotopic (exact) mass is 391 g/mol. The van der Waals surface area contributed by atoms with Crippen molar-refractivity contribution in [2.24, 2.45) is 0 Å². The minimum absolute atomic E-state index is 0.147. The predicted octanol–water partition coefficient (Wildman–Crippen LogP) is 4.87. The van der Waals surface area contributed by atoms with Crippen molar-refractivity contribution >= 4 is 27.5 Å². The zero-order valence-electron chi connectivity index (χ0n) is 13.4. The molecule has 1 aliphatic rings.